The number of hydrogen-bond acceptors (Lipinski definition) is 4. The lowest BCUT2D eigenvalue weighted by Gasteiger charge is -2.22. The molecule has 0 spiro atoms. The molecule has 0 saturated heterocycles. The molecule has 1 amide bonds. The molecule has 0 aliphatic carbocycles. The van der Waals surface area contributed by atoms with Crippen LogP contribution in [0.15, 0.2) is 70.4 Å². The number of rotatable bonds is 6. The first-order chi connectivity index (χ1) is 14.9. The molecule has 158 valence electrons. The van der Waals surface area contributed by atoms with E-state index in [-0.39, 0.29) is 24.8 Å². The molecule has 1 atom stereocenters. The summed E-state index contributed by atoms with van der Waals surface area (Å²) in [6, 6.07) is 17.2. The Morgan fingerprint density at radius 1 is 1.13 bits per heavy atom. The Hall–Kier alpha value is -3.26. The summed E-state index contributed by atoms with van der Waals surface area (Å²) in [7, 11) is 0. The fraction of sp³-hybridized carbons (Fsp3) is 0.217. The van der Waals surface area contributed by atoms with Crippen LogP contribution in [0.5, 0.6) is 0 Å². The number of aryl methyl sites for hydroxylation is 1. The van der Waals surface area contributed by atoms with E-state index in [2.05, 4.69) is 26.1 Å². The van der Waals surface area contributed by atoms with E-state index in [0.29, 0.717) is 6.42 Å². The molecule has 0 radical (unpaired) electrons. The second kappa shape index (κ2) is 8.85. The number of benzene rings is 2. The Labute approximate surface area is 188 Å². The van der Waals surface area contributed by atoms with Gasteiger partial charge in [0.05, 0.1) is 29.6 Å². The number of carbonyl (C=O) groups is 2. The van der Waals surface area contributed by atoms with Crippen molar-refractivity contribution in [3.05, 3.63) is 82.1 Å². The molecule has 1 unspecified atom stereocenters. The molecule has 31 heavy (non-hydrogen) atoms. The number of hydrogen-bond donors (Lipinski definition) is 1. The lowest BCUT2D eigenvalue weighted by Crippen LogP contribution is -2.27. The van der Waals surface area contributed by atoms with E-state index in [1.807, 2.05) is 67.7 Å². The highest BCUT2D eigenvalue weighted by atomic mass is 79.9. The zero-order valence-corrected chi connectivity index (χ0v) is 18.5. The molecule has 1 aliphatic heterocycles. The molecule has 3 aromatic rings. The van der Waals surface area contributed by atoms with Gasteiger partial charge in [-0.1, -0.05) is 46.3 Å². The van der Waals surface area contributed by atoms with Gasteiger partial charge in [-0.2, -0.15) is 10.2 Å². The highest BCUT2D eigenvalue weighted by Crippen LogP contribution is 2.35. The van der Waals surface area contributed by atoms with Crippen LogP contribution >= 0.6 is 15.9 Å². The van der Waals surface area contributed by atoms with E-state index in [0.717, 1.165) is 32.7 Å². The van der Waals surface area contributed by atoms with Crippen LogP contribution in [0, 0.1) is 6.92 Å². The summed E-state index contributed by atoms with van der Waals surface area (Å²) in [6.45, 7) is 1.92. The Morgan fingerprint density at radius 2 is 1.90 bits per heavy atom. The van der Waals surface area contributed by atoms with Gasteiger partial charge in [-0.25, -0.2) is 9.69 Å². The van der Waals surface area contributed by atoms with Gasteiger partial charge in [-0.15, -0.1) is 0 Å². The molecule has 0 fully saturated rings. The summed E-state index contributed by atoms with van der Waals surface area (Å²) >= 11 is 3.48. The molecule has 0 saturated carbocycles. The lowest BCUT2D eigenvalue weighted by molar-refractivity contribution is -0.141. The zero-order valence-electron chi connectivity index (χ0n) is 16.9. The van der Waals surface area contributed by atoms with Gasteiger partial charge in [0, 0.05) is 29.1 Å². The second-order valence-electron chi connectivity index (χ2n) is 7.36. The monoisotopic (exact) mass is 480 g/mol. The molecule has 8 heteroatoms. The highest BCUT2D eigenvalue weighted by Gasteiger charge is 2.34. The zero-order chi connectivity index (χ0) is 22.0. The van der Waals surface area contributed by atoms with Crippen LogP contribution in [0.25, 0.3) is 5.69 Å². The van der Waals surface area contributed by atoms with E-state index in [4.69, 9.17) is 5.11 Å². The van der Waals surface area contributed by atoms with Crippen molar-refractivity contribution in [3.8, 4) is 5.69 Å². The van der Waals surface area contributed by atoms with Crippen LogP contribution < -0.4 is 0 Å². The van der Waals surface area contributed by atoms with Crippen LogP contribution in [0.2, 0.25) is 0 Å². The van der Waals surface area contributed by atoms with Crippen molar-refractivity contribution in [3.63, 3.8) is 0 Å². The SMILES string of the molecule is Cc1nn(-c2ccccc2)cc1C1=NN(C(=O)CCC(=O)O)C(c2cccc(Br)c2)C1. The Bertz CT molecular complexity index is 1160. The van der Waals surface area contributed by atoms with Crippen molar-refractivity contribution < 1.29 is 14.7 Å². The van der Waals surface area contributed by atoms with Gasteiger partial charge in [0.2, 0.25) is 5.91 Å². The van der Waals surface area contributed by atoms with Gasteiger partial charge in [0.1, 0.15) is 0 Å². The fourth-order valence-corrected chi connectivity index (χ4v) is 4.08. The predicted octanol–water partition coefficient (Wildman–Crippen LogP) is 4.49. The first-order valence-corrected chi connectivity index (χ1v) is 10.7. The smallest absolute Gasteiger partial charge is 0.303 e. The van der Waals surface area contributed by atoms with E-state index in [9.17, 15) is 9.59 Å². The number of carbonyl (C=O) groups excluding carboxylic acids is 1. The van der Waals surface area contributed by atoms with Gasteiger partial charge in [0.15, 0.2) is 0 Å². The van der Waals surface area contributed by atoms with Crippen LogP contribution in [0.3, 0.4) is 0 Å². The minimum Gasteiger partial charge on any atom is -0.481 e. The van der Waals surface area contributed by atoms with Crippen LogP contribution in [0.4, 0.5) is 0 Å². The molecule has 4 rings (SSSR count). The number of hydrazone groups is 1. The van der Waals surface area contributed by atoms with Crippen molar-refractivity contribution in [1.29, 1.82) is 0 Å². The van der Waals surface area contributed by atoms with Crippen molar-refractivity contribution in [1.82, 2.24) is 14.8 Å². The standard InChI is InChI=1S/C23H21BrN4O3/c1-15-19(14-27(25-15)18-8-3-2-4-9-18)20-13-21(16-6-5-7-17(24)12-16)28(26-20)22(29)10-11-23(30)31/h2-9,12,14,21H,10-11,13H2,1H3,(H,30,31). The minimum absolute atomic E-state index is 0.0983. The number of halogens is 1. The molecule has 1 N–H and O–H groups in total. The van der Waals surface area contributed by atoms with Gasteiger partial charge in [0.25, 0.3) is 0 Å². The van der Waals surface area contributed by atoms with Crippen molar-refractivity contribution in [2.45, 2.75) is 32.2 Å². The second-order valence-corrected chi connectivity index (χ2v) is 8.28. The van der Waals surface area contributed by atoms with Gasteiger partial charge >= 0.3 is 5.97 Å². The third kappa shape index (κ3) is 4.59. The largest absolute Gasteiger partial charge is 0.481 e. The number of amides is 1. The summed E-state index contributed by atoms with van der Waals surface area (Å²) in [6.07, 6.45) is 2.12. The van der Waals surface area contributed by atoms with E-state index < -0.39 is 5.97 Å². The third-order valence-electron chi connectivity index (χ3n) is 5.18. The molecule has 1 aromatic heterocycles. The number of nitrogens with zero attached hydrogens (tertiary/aromatic N) is 4. The van der Waals surface area contributed by atoms with E-state index in [1.54, 1.807) is 4.68 Å². The summed E-state index contributed by atoms with van der Waals surface area (Å²) in [5, 5.41) is 19.7. The Kier molecular flexibility index (Phi) is 5.99. The molecule has 2 aromatic carbocycles. The van der Waals surface area contributed by atoms with Gasteiger partial charge in [-0.3, -0.25) is 9.59 Å². The number of aromatic nitrogens is 2. The lowest BCUT2D eigenvalue weighted by atomic mass is 9.98. The number of para-hydroxylation sites is 1. The Morgan fingerprint density at radius 3 is 2.61 bits per heavy atom. The summed E-state index contributed by atoms with van der Waals surface area (Å²) < 4.78 is 2.71. The first kappa shape index (κ1) is 21.0. The van der Waals surface area contributed by atoms with Crippen molar-refractivity contribution in [2.24, 2.45) is 5.10 Å². The molecule has 2 heterocycles. The summed E-state index contributed by atoms with van der Waals surface area (Å²) in [5.74, 6) is -1.31. The summed E-state index contributed by atoms with van der Waals surface area (Å²) in [5.41, 5.74) is 4.32. The average molecular weight is 481 g/mol. The normalized spacial score (nSPS) is 15.7. The molecular formula is C23H21BrN4O3. The Balaban J connectivity index is 1.68. The number of aliphatic carboxylic acids is 1. The van der Waals surface area contributed by atoms with Crippen LogP contribution in [-0.4, -0.2) is 37.5 Å². The maximum atomic E-state index is 12.8. The van der Waals surface area contributed by atoms with Crippen molar-refractivity contribution >= 4 is 33.5 Å². The van der Waals surface area contributed by atoms with E-state index in [1.165, 1.54) is 5.01 Å². The number of carboxylic acid groups (broad SMARTS) is 1. The summed E-state index contributed by atoms with van der Waals surface area (Å²) in [4.78, 5) is 23.8. The van der Waals surface area contributed by atoms with Gasteiger partial charge < -0.3 is 5.11 Å². The molecular weight excluding hydrogens is 460 g/mol. The quantitative estimate of drug-likeness (QED) is 0.562. The maximum Gasteiger partial charge on any atom is 0.303 e. The molecule has 1 aliphatic rings. The highest BCUT2D eigenvalue weighted by molar-refractivity contribution is 9.10. The van der Waals surface area contributed by atoms with Crippen LogP contribution in [0.1, 0.15) is 42.1 Å². The molecule has 7 nitrogen and oxygen atoms in total. The minimum atomic E-state index is -1.00. The van der Waals surface area contributed by atoms with E-state index >= 15 is 0 Å². The molecule has 0 bridgehead atoms. The fourth-order valence-electron chi connectivity index (χ4n) is 3.66. The van der Waals surface area contributed by atoms with Crippen molar-refractivity contribution in [2.75, 3.05) is 0 Å². The topological polar surface area (TPSA) is 87.8 Å². The van der Waals surface area contributed by atoms with Crippen LogP contribution in [-0.2, 0) is 9.59 Å². The third-order valence-corrected chi connectivity index (χ3v) is 5.68. The average Bonchev–Trinajstić information content (AvgIpc) is 3.36. The van der Waals surface area contributed by atoms with Gasteiger partial charge in [-0.05, 0) is 36.8 Å². The maximum absolute atomic E-state index is 12.8. The number of carboxylic acids is 1. The predicted molar refractivity (Wildman–Crippen MR) is 120 cm³/mol. The first-order valence-electron chi connectivity index (χ1n) is 9.91.